The summed E-state index contributed by atoms with van der Waals surface area (Å²) in [4.78, 5) is 12.0. The third-order valence-corrected chi connectivity index (χ3v) is 5.96. The highest BCUT2D eigenvalue weighted by Gasteiger charge is 2.34. The van der Waals surface area contributed by atoms with Gasteiger partial charge in [0.05, 0.1) is 25.2 Å². The van der Waals surface area contributed by atoms with Crippen molar-refractivity contribution in [1.29, 1.82) is 0 Å². The molecule has 1 saturated carbocycles. The van der Waals surface area contributed by atoms with Crippen LogP contribution in [0.1, 0.15) is 73.2 Å². The lowest BCUT2D eigenvalue weighted by Gasteiger charge is -2.21. The molecule has 1 fully saturated rings. The summed E-state index contributed by atoms with van der Waals surface area (Å²) in [5.74, 6) is -0.948. The number of alkyl halides is 3. The number of hydrogen-bond acceptors (Lipinski definition) is 4. The first-order valence-corrected chi connectivity index (χ1v) is 11.8. The summed E-state index contributed by atoms with van der Waals surface area (Å²) in [7, 11) is 0. The van der Waals surface area contributed by atoms with Crippen molar-refractivity contribution in [2.24, 2.45) is 5.73 Å². The van der Waals surface area contributed by atoms with Gasteiger partial charge >= 0.3 is 12.1 Å². The number of carbonyl (C=O) groups is 1. The van der Waals surface area contributed by atoms with Crippen molar-refractivity contribution in [1.82, 2.24) is 0 Å². The molecule has 4 nitrogen and oxygen atoms in total. The maximum Gasteiger partial charge on any atom is 0.416 e. The van der Waals surface area contributed by atoms with Crippen LogP contribution in [0.5, 0.6) is 5.75 Å². The molecule has 36 heavy (non-hydrogen) atoms. The zero-order valence-electron chi connectivity index (χ0n) is 20.4. The lowest BCUT2D eigenvalue weighted by Crippen LogP contribution is -2.19. The minimum absolute atomic E-state index is 0. The van der Waals surface area contributed by atoms with Gasteiger partial charge in [0.25, 0.3) is 0 Å². The number of allylic oxidation sites excluding steroid dienone is 1. The molecular weight excluding hydrogens is 498 g/mol. The minimum Gasteiger partial charge on any atom is -0.493 e. The highest BCUT2D eigenvalue weighted by atomic mass is 35.5. The number of esters is 1. The third-order valence-electron chi connectivity index (χ3n) is 5.96. The van der Waals surface area contributed by atoms with Gasteiger partial charge in [-0.15, -0.1) is 19.0 Å². The van der Waals surface area contributed by atoms with Gasteiger partial charge in [-0.05, 0) is 86.4 Å². The number of rotatable bonds is 11. The molecule has 2 aromatic carbocycles. The Bertz CT molecular complexity index is 1080. The van der Waals surface area contributed by atoms with E-state index in [1.165, 1.54) is 6.07 Å². The van der Waals surface area contributed by atoms with E-state index in [9.17, 15) is 18.0 Å². The Labute approximate surface area is 215 Å². The quantitative estimate of drug-likeness (QED) is 0.142. The predicted molar refractivity (Wildman–Crippen MR) is 134 cm³/mol. The summed E-state index contributed by atoms with van der Waals surface area (Å²) in [5, 5.41) is 0. The van der Waals surface area contributed by atoms with E-state index < -0.39 is 29.6 Å². The molecule has 3 rings (SSSR count). The van der Waals surface area contributed by atoms with Crippen molar-refractivity contribution < 1.29 is 31.8 Å². The molecule has 0 unspecified atom stereocenters. The molecule has 0 bridgehead atoms. The molecule has 198 valence electrons. The van der Waals surface area contributed by atoms with Gasteiger partial charge in [-0.1, -0.05) is 6.08 Å². The number of nitrogens with two attached hydrogens (primary N) is 1. The van der Waals surface area contributed by atoms with Gasteiger partial charge in [0, 0.05) is 17.2 Å². The van der Waals surface area contributed by atoms with E-state index in [0.29, 0.717) is 35.1 Å². The maximum absolute atomic E-state index is 15.4. The normalized spacial score (nSPS) is 14.1. The molecule has 0 amide bonds. The van der Waals surface area contributed by atoms with Gasteiger partial charge in [-0.25, -0.2) is 4.39 Å². The lowest BCUT2D eigenvalue weighted by atomic mass is 9.90. The molecule has 1 aliphatic carbocycles. The van der Waals surface area contributed by atoms with E-state index >= 15 is 4.39 Å². The van der Waals surface area contributed by atoms with Crippen LogP contribution in [0.4, 0.5) is 17.6 Å². The first-order chi connectivity index (χ1) is 16.6. The first kappa shape index (κ1) is 29.6. The molecule has 1 atom stereocenters. The molecule has 0 aliphatic heterocycles. The number of aryl methyl sites for hydroxylation is 1. The number of halogens is 5. The molecular formula is C27H32ClF4NO3. The van der Waals surface area contributed by atoms with Gasteiger partial charge in [-0.2, -0.15) is 13.2 Å². The van der Waals surface area contributed by atoms with Crippen LogP contribution < -0.4 is 10.5 Å². The summed E-state index contributed by atoms with van der Waals surface area (Å²) >= 11 is 0. The molecule has 0 radical (unpaired) electrons. The second-order valence-electron chi connectivity index (χ2n) is 8.80. The van der Waals surface area contributed by atoms with Crippen LogP contribution in [0.25, 0.3) is 11.1 Å². The average molecular weight is 530 g/mol. The number of carbonyl (C=O) groups excluding carboxylic acids is 1. The topological polar surface area (TPSA) is 61.5 Å². The highest BCUT2D eigenvalue weighted by Crippen LogP contribution is 2.46. The van der Waals surface area contributed by atoms with E-state index in [1.54, 1.807) is 26.0 Å². The Hall–Kier alpha value is -2.58. The third kappa shape index (κ3) is 7.23. The van der Waals surface area contributed by atoms with Crippen LogP contribution in [0.2, 0.25) is 0 Å². The summed E-state index contributed by atoms with van der Waals surface area (Å²) in [6, 6.07) is 4.26. The van der Waals surface area contributed by atoms with Gasteiger partial charge in [0.15, 0.2) is 0 Å². The van der Waals surface area contributed by atoms with E-state index in [1.807, 2.05) is 0 Å². The molecule has 0 aromatic heterocycles. The van der Waals surface area contributed by atoms with E-state index in [2.05, 4.69) is 6.58 Å². The summed E-state index contributed by atoms with van der Waals surface area (Å²) in [6.45, 7) is 7.26. The average Bonchev–Trinajstić information content (AvgIpc) is 3.61. The molecule has 2 aromatic rings. The smallest absolute Gasteiger partial charge is 0.416 e. The van der Waals surface area contributed by atoms with Crippen LogP contribution in [-0.2, 0) is 15.7 Å². The Morgan fingerprint density at radius 2 is 1.94 bits per heavy atom. The van der Waals surface area contributed by atoms with Crippen molar-refractivity contribution in [3.05, 3.63) is 65.0 Å². The fraction of sp³-hybridized carbons (Fsp3) is 0.444. The van der Waals surface area contributed by atoms with Gasteiger partial charge in [0.2, 0.25) is 0 Å². The van der Waals surface area contributed by atoms with Crippen molar-refractivity contribution in [3.63, 3.8) is 0 Å². The van der Waals surface area contributed by atoms with E-state index in [-0.39, 0.29) is 49.3 Å². The van der Waals surface area contributed by atoms with Crippen LogP contribution in [0, 0.1) is 12.7 Å². The monoisotopic (exact) mass is 529 g/mol. The number of unbranched alkanes of at least 4 members (excludes halogenated alkanes) is 1. The van der Waals surface area contributed by atoms with Crippen molar-refractivity contribution >= 4 is 18.4 Å². The van der Waals surface area contributed by atoms with Crippen LogP contribution >= 0.6 is 12.4 Å². The van der Waals surface area contributed by atoms with Crippen molar-refractivity contribution in [3.8, 4) is 16.9 Å². The Kier molecular flexibility index (Phi) is 10.4. The molecule has 0 saturated heterocycles. The molecule has 0 heterocycles. The standard InChI is InChI=1S/C27H31F4NO3.ClH/c1-4-6-7-10-35-23-14-19(27(29,30)31)11-16(3)25(23)18-12-20(17-8-9-17)26(28)21(13-18)22(32)15-24(33)34-5-2;/h4,11-14,17,22H,1,5-10,15,32H2,2-3H3;1H/t22-;/m0./s1. The zero-order valence-corrected chi connectivity index (χ0v) is 21.2. The van der Waals surface area contributed by atoms with Gasteiger partial charge in [-0.3, -0.25) is 4.79 Å². The van der Waals surface area contributed by atoms with Gasteiger partial charge in [0.1, 0.15) is 11.6 Å². The van der Waals surface area contributed by atoms with Gasteiger partial charge < -0.3 is 15.2 Å². The second-order valence-corrected chi connectivity index (χ2v) is 8.80. The number of benzene rings is 2. The van der Waals surface area contributed by atoms with Crippen molar-refractivity contribution in [2.45, 2.75) is 64.1 Å². The molecule has 9 heteroatoms. The zero-order chi connectivity index (χ0) is 25.8. The Morgan fingerprint density at radius 1 is 1.25 bits per heavy atom. The van der Waals surface area contributed by atoms with E-state index in [4.69, 9.17) is 15.2 Å². The first-order valence-electron chi connectivity index (χ1n) is 11.8. The van der Waals surface area contributed by atoms with Crippen LogP contribution in [-0.4, -0.2) is 19.2 Å². The van der Waals surface area contributed by atoms with E-state index in [0.717, 1.165) is 25.0 Å². The SMILES string of the molecule is C=CCCCOc1cc(C(F)(F)F)cc(C)c1-c1cc(C2CC2)c(F)c([C@@H](N)CC(=O)OCC)c1.Cl. The van der Waals surface area contributed by atoms with Crippen molar-refractivity contribution in [2.75, 3.05) is 13.2 Å². The minimum atomic E-state index is -4.54. The fourth-order valence-corrected chi connectivity index (χ4v) is 4.10. The summed E-state index contributed by atoms with van der Waals surface area (Å²) < 4.78 is 66.8. The summed E-state index contributed by atoms with van der Waals surface area (Å²) in [6.07, 6.45) is -0.186. The Morgan fingerprint density at radius 3 is 2.53 bits per heavy atom. The Balaban J connectivity index is 0.00000456. The molecule has 2 N–H and O–H groups in total. The maximum atomic E-state index is 15.4. The molecule has 1 aliphatic rings. The highest BCUT2D eigenvalue weighted by molar-refractivity contribution is 5.85. The predicted octanol–water partition coefficient (Wildman–Crippen LogP) is 7.42. The van der Waals surface area contributed by atoms with Crippen LogP contribution in [0.15, 0.2) is 36.9 Å². The lowest BCUT2D eigenvalue weighted by molar-refractivity contribution is -0.143. The fourth-order valence-electron chi connectivity index (χ4n) is 4.10. The molecule has 0 spiro atoms. The number of hydrogen-bond donors (Lipinski definition) is 1. The largest absolute Gasteiger partial charge is 0.493 e. The second kappa shape index (κ2) is 12.6. The van der Waals surface area contributed by atoms with Crippen LogP contribution in [0.3, 0.4) is 0 Å². The summed E-state index contributed by atoms with van der Waals surface area (Å²) in [5.41, 5.74) is 7.27. The number of ether oxygens (including phenoxy) is 2.